The number of ketones is 1. The highest BCUT2D eigenvalue weighted by Crippen LogP contribution is 2.15. The number of rotatable bonds is 4. The van der Waals surface area contributed by atoms with Crippen molar-refractivity contribution in [3.63, 3.8) is 0 Å². The van der Waals surface area contributed by atoms with Crippen LogP contribution in [0, 0.1) is 13.8 Å². The first kappa shape index (κ1) is 15.0. The van der Waals surface area contributed by atoms with Gasteiger partial charge in [0.1, 0.15) is 0 Å². The molecular formula is C15H19N3O3. The van der Waals surface area contributed by atoms with Crippen LogP contribution >= 0.6 is 0 Å². The molecule has 21 heavy (non-hydrogen) atoms. The summed E-state index contributed by atoms with van der Waals surface area (Å²) < 4.78 is 4.40. The molecule has 112 valence electrons. The number of hydrogen-bond acceptors (Lipinski definition) is 3. The van der Waals surface area contributed by atoms with Crippen molar-refractivity contribution >= 4 is 5.78 Å². The predicted molar refractivity (Wildman–Crippen MR) is 79.9 cm³/mol. The summed E-state index contributed by atoms with van der Waals surface area (Å²) in [5.74, 6) is -0.168. The zero-order chi connectivity index (χ0) is 15.7. The molecule has 0 atom stereocenters. The lowest BCUT2D eigenvalue weighted by molar-refractivity contribution is 0.0969. The van der Waals surface area contributed by atoms with E-state index in [9.17, 15) is 14.4 Å². The molecule has 0 N–H and O–H groups in total. The normalized spacial score (nSPS) is 10.9. The van der Waals surface area contributed by atoms with Crippen molar-refractivity contribution in [2.24, 2.45) is 7.05 Å². The van der Waals surface area contributed by atoms with Gasteiger partial charge in [-0.15, -0.1) is 0 Å². The van der Waals surface area contributed by atoms with Crippen molar-refractivity contribution in [2.75, 3.05) is 0 Å². The molecule has 6 heteroatoms. The SMILES string of the molecule is CCn1c(C)cc(C(=O)Cn2ccn(C)c(=O)c2=O)c1C. The molecule has 0 bridgehead atoms. The smallest absolute Gasteiger partial charge is 0.316 e. The summed E-state index contributed by atoms with van der Waals surface area (Å²) in [6.45, 7) is 6.51. The van der Waals surface area contributed by atoms with Crippen LogP contribution in [0.3, 0.4) is 0 Å². The van der Waals surface area contributed by atoms with Crippen LogP contribution in [-0.4, -0.2) is 19.5 Å². The van der Waals surface area contributed by atoms with Crippen LogP contribution < -0.4 is 11.1 Å². The number of nitrogens with zero attached hydrogens (tertiary/aromatic N) is 3. The zero-order valence-electron chi connectivity index (χ0n) is 12.7. The van der Waals surface area contributed by atoms with E-state index in [1.54, 1.807) is 0 Å². The van der Waals surface area contributed by atoms with E-state index in [4.69, 9.17) is 0 Å². The third-order valence-corrected chi connectivity index (χ3v) is 3.74. The minimum absolute atomic E-state index is 0.122. The topological polar surface area (TPSA) is 66.0 Å². The van der Waals surface area contributed by atoms with E-state index in [0.717, 1.165) is 22.5 Å². The zero-order valence-corrected chi connectivity index (χ0v) is 12.7. The minimum Gasteiger partial charge on any atom is -0.349 e. The summed E-state index contributed by atoms with van der Waals surface area (Å²) in [5.41, 5.74) is 1.18. The number of aromatic nitrogens is 3. The number of aryl methyl sites for hydroxylation is 2. The molecule has 0 saturated heterocycles. The maximum Gasteiger partial charge on any atom is 0.316 e. The maximum absolute atomic E-state index is 12.4. The first-order valence-corrected chi connectivity index (χ1v) is 6.82. The van der Waals surface area contributed by atoms with Crippen molar-refractivity contribution < 1.29 is 4.79 Å². The molecule has 0 saturated carbocycles. The fourth-order valence-electron chi connectivity index (χ4n) is 2.52. The number of carbonyl (C=O) groups is 1. The number of Topliss-reactive ketones (excluding diaryl/α,β-unsaturated/α-hetero) is 1. The summed E-state index contributed by atoms with van der Waals surface area (Å²) in [5, 5.41) is 0. The molecule has 0 spiro atoms. The first-order valence-electron chi connectivity index (χ1n) is 6.82. The Morgan fingerprint density at radius 3 is 2.38 bits per heavy atom. The molecule has 0 aliphatic rings. The lowest BCUT2D eigenvalue weighted by Crippen LogP contribution is -2.40. The van der Waals surface area contributed by atoms with Gasteiger partial charge in [0.2, 0.25) is 0 Å². The van der Waals surface area contributed by atoms with Crippen LogP contribution in [-0.2, 0) is 20.1 Å². The molecular weight excluding hydrogens is 270 g/mol. The van der Waals surface area contributed by atoms with E-state index in [-0.39, 0.29) is 12.3 Å². The average Bonchev–Trinajstić information content (AvgIpc) is 2.74. The second-order valence-electron chi connectivity index (χ2n) is 5.10. The van der Waals surface area contributed by atoms with Gasteiger partial charge >= 0.3 is 11.1 Å². The van der Waals surface area contributed by atoms with Gasteiger partial charge in [-0.25, -0.2) is 0 Å². The van der Waals surface area contributed by atoms with Crippen LogP contribution in [0.1, 0.15) is 28.7 Å². The van der Waals surface area contributed by atoms with Crippen LogP contribution in [0.4, 0.5) is 0 Å². The molecule has 2 aromatic rings. The molecule has 0 unspecified atom stereocenters. The molecule has 2 heterocycles. The Morgan fingerprint density at radius 2 is 1.81 bits per heavy atom. The molecule has 2 aromatic heterocycles. The van der Waals surface area contributed by atoms with E-state index in [2.05, 4.69) is 0 Å². The molecule has 2 rings (SSSR count). The van der Waals surface area contributed by atoms with Crippen molar-refractivity contribution in [1.29, 1.82) is 0 Å². The van der Waals surface area contributed by atoms with Gasteiger partial charge in [0, 0.05) is 42.9 Å². The summed E-state index contributed by atoms with van der Waals surface area (Å²) in [6.07, 6.45) is 2.94. The first-order chi connectivity index (χ1) is 9.86. The Morgan fingerprint density at radius 1 is 1.14 bits per heavy atom. The Hall–Kier alpha value is -2.37. The second-order valence-corrected chi connectivity index (χ2v) is 5.10. The molecule has 0 aliphatic heterocycles. The predicted octanol–water partition coefficient (Wildman–Crippen LogP) is 0.868. The molecule has 0 fully saturated rings. The minimum atomic E-state index is -0.683. The van der Waals surface area contributed by atoms with Crippen LogP contribution in [0.15, 0.2) is 28.0 Å². The number of carbonyl (C=O) groups excluding carboxylic acids is 1. The van der Waals surface area contributed by atoms with E-state index in [1.165, 1.54) is 24.0 Å². The molecule has 0 amide bonds. The van der Waals surface area contributed by atoms with Gasteiger partial charge in [0.25, 0.3) is 0 Å². The van der Waals surface area contributed by atoms with Gasteiger partial charge in [-0.05, 0) is 26.8 Å². The molecule has 0 aliphatic carbocycles. The maximum atomic E-state index is 12.4. The van der Waals surface area contributed by atoms with Gasteiger partial charge in [-0.3, -0.25) is 14.4 Å². The lowest BCUT2D eigenvalue weighted by Gasteiger charge is -2.07. The monoisotopic (exact) mass is 289 g/mol. The second kappa shape index (κ2) is 5.55. The summed E-state index contributed by atoms with van der Waals surface area (Å²) >= 11 is 0. The summed E-state index contributed by atoms with van der Waals surface area (Å²) in [7, 11) is 1.50. The average molecular weight is 289 g/mol. The van der Waals surface area contributed by atoms with Gasteiger partial charge < -0.3 is 13.7 Å². The van der Waals surface area contributed by atoms with Crippen molar-refractivity contribution in [3.05, 3.63) is 56.1 Å². The van der Waals surface area contributed by atoms with Crippen molar-refractivity contribution in [3.8, 4) is 0 Å². The van der Waals surface area contributed by atoms with Crippen molar-refractivity contribution in [1.82, 2.24) is 13.7 Å². The van der Waals surface area contributed by atoms with Gasteiger partial charge in [-0.1, -0.05) is 0 Å². The van der Waals surface area contributed by atoms with E-state index >= 15 is 0 Å². The third-order valence-electron chi connectivity index (χ3n) is 3.74. The Bertz CT molecular complexity index is 809. The molecule has 6 nitrogen and oxygen atoms in total. The summed E-state index contributed by atoms with van der Waals surface area (Å²) in [6, 6.07) is 1.83. The van der Waals surface area contributed by atoms with Crippen LogP contribution in [0.5, 0.6) is 0 Å². The highest BCUT2D eigenvalue weighted by atomic mass is 16.2. The fourth-order valence-corrected chi connectivity index (χ4v) is 2.52. The Kier molecular flexibility index (Phi) is 3.97. The van der Waals surface area contributed by atoms with Gasteiger partial charge in [0.15, 0.2) is 5.78 Å². The third kappa shape index (κ3) is 2.61. The van der Waals surface area contributed by atoms with E-state index in [1.807, 2.05) is 31.4 Å². The largest absolute Gasteiger partial charge is 0.349 e. The number of hydrogen-bond donors (Lipinski definition) is 0. The Balaban J connectivity index is 2.38. The standard InChI is InChI=1S/C15H19N3O3/c1-5-18-10(2)8-12(11(18)3)13(19)9-17-7-6-16(4)14(20)15(17)21/h6-8H,5,9H2,1-4H3. The molecule has 0 aromatic carbocycles. The Labute approximate surface area is 122 Å². The van der Waals surface area contributed by atoms with E-state index < -0.39 is 11.1 Å². The fraction of sp³-hybridized carbons (Fsp3) is 0.400. The quantitative estimate of drug-likeness (QED) is 0.619. The van der Waals surface area contributed by atoms with Gasteiger partial charge in [-0.2, -0.15) is 0 Å². The summed E-state index contributed by atoms with van der Waals surface area (Å²) in [4.78, 5) is 35.8. The van der Waals surface area contributed by atoms with Crippen LogP contribution in [0.2, 0.25) is 0 Å². The van der Waals surface area contributed by atoms with Crippen LogP contribution in [0.25, 0.3) is 0 Å². The van der Waals surface area contributed by atoms with Gasteiger partial charge in [0.05, 0.1) is 6.54 Å². The van der Waals surface area contributed by atoms with E-state index in [0.29, 0.717) is 5.56 Å². The highest BCUT2D eigenvalue weighted by molar-refractivity contribution is 5.97. The highest BCUT2D eigenvalue weighted by Gasteiger charge is 2.16. The lowest BCUT2D eigenvalue weighted by atomic mass is 10.1. The van der Waals surface area contributed by atoms with Crippen molar-refractivity contribution in [2.45, 2.75) is 33.9 Å². The molecule has 0 radical (unpaired) electrons.